The zero-order chi connectivity index (χ0) is 14.5. The maximum atomic E-state index is 13.1. The molecule has 0 aliphatic rings. The van der Waals surface area contributed by atoms with Gasteiger partial charge in [-0.2, -0.15) is 13.2 Å². The smallest absolute Gasteiger partial charge is 0.384 e. The Morgan fingerprint density at radius 2 is 1.95 bits per heavy atom. The number of aliphatic hydroxyl groups excluding tert-OH is 1. The standard InChI is InChI=1S/C11H12F4N2O2/c12-7-3-1-2-4-8(7)17-10(19)16-6-5-9(18)11(13,14)15/h1-4,9,18H,5-6H2,(H2,16,17,19)/t9-/m1/s1. The van der Waals surface area contributed by atoms with Gasteiger partial charge in [0.2, 0.25) is 0 Å². The molecule has 0 aliphatic carbocycles. The van der Waals surface area contributed by atoms with Crippen LogP contribution in [-0.2, 0) is 0 Å². The molecule has 0 spiro atoms. The molecule has 0 fully saturated rings. The Morgan fingerprint density at radius 1 is 1.32 bits per heavy atom. The highest BCUT2D eigenvalue weighted by molar-refractivity contribution is 5.89. The third-order valence-corrected chi connectivity index (χ3v) is 2.20. The van der Waals surface area contributed by atoms with Crippen LogP contribution in [0.1, 0.15) is 6.42 Å². The van der Waals surface area contributed by atoms with Crippen LogP contribution in [0, 0.1) is 5.82 Å². The molecule has 4 nitrogen and oxygen atoms in total. The maximum absolute atomic E-state index is 13.1. The lowest BCUT2D eigenvalue weighted by molar-refractivity contribution is -0.204. The quantitative estimate of drug-likeness (QED) is 0.741. The first-order valence-electron chi connectivity index (χ1n) is 5.35. The molecule has 0 aromatic heterocycles. The van der Waals surface area contributed by atoms with E-state index >= 15 is 0 Å². The molecule has 0 aliphatic heterocycles. The molecule has 0 bridgehead atoms. The summed E-state index contributed by atoms with van der Waals surface area (Å²) in [5.74, 6) is -0.659. The first-order valence-corrected chi connectivity index (χ1v) is 5.35. The topological polar surface area (TPSA) is 61.4 Å². The Hall–Kier alpha value is -1.83. The number of carbonyl (C=O) groups is 1. The van der Waals surface area contributed by atoms with Crippen molar-refractivity contribution in [1.29, 1.82) is 0 Å². The van der Waals surface area contributed by atoms with Gasteiger partial charge in [-0.05, 0) is 18.6 Å². The number of hydrogen-bond donors (Lipinski definition) is 3. The van der Waals surface area contributed by atoms with Crippen LogP contribution in [0.4, 0.5) is 28.0 Å². The van der Waals surface area contributed by atoms with Gasteiger partial charge in [0.05, 0.1) is 5.69 Å². The van der Waals surface area contributed by atoms with Gasteiger partial charge in [-0.1, -0.05) is 12.1 Å². The molecular weight excluding hydrogens is 268 g/mol. The highest BCUT2D eigenvalue weighted by atomic mass is 19.4. The van der Waals surface area contributed by atoms with Gasteiger partial charge in [0.15, 0.2) is 6.10 Å². The third kappa shape index (κ3) is 5.12. The summed E-state index contributed by atoms with van der Waals surface area (Å²) in [6, 6.07) is 4.51. The Labute approximate surface area is 106 Å². The molecule has 1 atom stereocenters. The fraction of sp³-hybridized carbons (Fsp3) is 0.364. The van der Waals surface area contributed by atoms with E-state index < -0.39 is 30.5 Å². The first-order chi connectivity index (χ1) is 8.80. The molecule has 8 heteroatoms. The van der Waals surface area contributed by atoms with Crippen molar-refractivity contribution in [3.05, 3.63) is 30.1 Å². The van der Waals surface area contributed by atoms with Gasteiger partial charge in [-0.3, -0.25) is 0 Å². The number of amides is 2. The lowest BCUT2D eigenvalue weighted by Crippen LogP contribution is -2.35. The van der Waals surface area contributed by atoms with Crippen molar-refractivity contribution in [2.75, 3.05) is 11.9 Å². The number of anilines is 1. The number of benzene rings is 1. The van der Waals surface area contributed by atoms with Gasteiger partial charge < -0.3 is 15.7 Å². The summed E-state index contributed by atoms with van der Waals surface area (Å²) in [6.45, 7) is -0.388. The van der Waals surface area contributed by atoms with Gasteiger partial charge in [-0.25, -0.2) is 9.18 Å². The third-order valence-electron chi connectivity index (χ3n) is 2.20. The molecule has 1 aromatic rings. The van der Waals surface area contributed by atoms with Crippen LogP contribution >= 0.6 is 0 Å². The van der Waals surface area contributed by atoms with Gasteiger partial charge in [0.25, 0.3) is 0 Å². The lowest BCUT2D eigenvalue weighted by Gasteiger charge is -2.14. The molecule has 1 aromatic carbocycles. The summed E-state index contributed by atoms with van der Waals surface area (Å²) in [4.78, 5) is 11.2. The SMILES string of the molecule is O=C(NCC[C@@H](O)C(F)(F)F)Nc1ccccc1F. The van der Waals surface area contributed by atoms with Crippen LogP contribution in [0.25, 0.3) is 0 Å². The molecule has 19 heavy (non-hydrogen) atoms. The van der Waals surface area contributed by atoms with Crippen molar-refractivity contribution < 1.29 is 27.5 Å². The van der Waals surface area contributed by atoms with Crippen LogP contribution in [-0.4, -0.2) is 30.0 Å². The average Bonchev–Trinajstić information content (AvgIpc) is 2.31. The summed E-state index contributed by atoms with van der Waals surface area (Å²) < 4.78 is 49.0. The van der Waals surface area contributed by atoms with Crippen LogP contribution in [0.2, 0.25) is 0 Å². The van der Waals surface area contributed by atoms with Crippen molar-refractivity contribution in [2.24, 2.45) is 0 Å². The summed E-state index contributed by atoms with van der Waals surface area (Å²) in [6.07, 6.45) is -7.89. The van der Waals surface area contributed by atoms with Crippen LogP contribution in [0.3, 0.4) is 0 Å². The van der Waals surface area contributed by atoms with Crippen molar-refractivity contribution in [3.63, 3.8) is 0 Å². The monoisotopic (exact) mass is 280 g/mol. The highest BCUT2D eigenvalue weighted by Crippen LogP contribution is 2.21. The molecule has 0 unspecified atom stereocenters. The van der Waals surface area contributed by atoms with Crippen LogP contribution in [0.5, 0.6) is 0 Å². The number of carbonyl (C=O) groups excluding carboxylic acids is 1. The van der Waals surface area contributed by atoms with Crippen molar-refractivity contribution in [3.8, 4) is 0 Å². The number of para-hydroxylation sites is 1. The Kier molecular flexibility index (Phi) is 5.11. The van der Waals surface area contributed by atoms with Crippen molar-refractivity contribution in [2.45, 2.75) is 18.7 Å². The summed E-state index contributed by atoms with van der Waals surface area (Å²) in [5, 5.41) is 12.9. The molecule has 2 amide bonds. The lowest BCUT2D eigenvalue weighted by atomic mass is 10.2. The summed E-state index contributed by atoms with van der Waals surface area (Å²) in [5.41, 5.74) is -0.0867. The molecule has 0 radical (unpaired) electrons. The van der Waals surface area contributed by atoms with E-state index in [1.54, 1.807) is 0 Å². The van der Waals surface area contributed by atoms with E-state index in [0.717, 1.165) is 6.07 Å². The number of halogens is 4. The zero-order valence-electron chi connectivity index (χ0n) is 9.67. The predicted octanol–water partition coefficient (Wildman–Crippen LogP) is 2.26. The summed E-state index contributed by atoms with van der Waals surface area (Å²) >= 11 is 0. The predicted molar refractivity (Wildman–Crippen MR) is 60.1 cm³/mol. The maximum Gasteiger partial charge on any atom is 0.414 e. The number of hydrogen-bond acceptors (Lipinski definition) is 2. The average molecular weight is 280 g/mol. The largest absolute Gasteiger partial charge is 0.414 e. The number of nitrogens with one attached hydrogen (secondary N) is 2. The summed E-state index contributed by atoms with van der Waals surface area (Å²) in [7, 11) is 0. The minimum atomic E-state index is -4.72. The molecule has 106 valence electrons. The van der Waals surface area contributed by atoms with Gasteiger partial charge >= 0.3 is 12.2 Å². The molecule has 0 saturated carbocycles. The Bertz CT molecular complexity index is 437. The van der Waals surface area contributed by atoms with E-state index in [0.29, 0.717) is 0 Å². The number of aliphatic hydroxyl groups is 1. The van der Waals surface area contributed by atoms with E-state index in [1.165, 1.54) is 18.2 Å². The van der Waals surface area contributed by atoms with Gasteiger partial charge in [0, 0.05) is 6.54 Å². The number of rotatable bonds is 4. The molecule has 0 saturated heterocycles. The van der Waals surface area contributed by atoms with Gasteiger partial charge in [0.1, 0.15) is 5.82 Å². The fourth-order valence-electron chi connectivity index (χ4n) is 1.22. The Morgan fingerprint density at radius 3 is 2.53 bits per heavy atom. The highest BCUT2D eigenvalue weighted by Gasteiger charge is 2.37. The zero-order valence-corrected chi connectivity index (χ0v) is 9.67. The molecular formula is C11H12F4N2O2. The van der Waals surface area contributed by atoms with E-state index in [-0.39, 0.29) is 12.2 Å². The van der Waals surface area contributed by atoms with E-state index in [2.05, 4.69) is 10.6 Å². The fourth-order valence-corrected chi connectivity index (χ4v) is 1.22. The Balaban J connectivity index is 2.35. The molecule has 3 N–H and O–H groups in total. The molecule has 0 heterocycles. The van der Waals surface area contributed by atoms with Crippen molar-refractivity contribution >= 4 is 11.7 Å². The van der Waals surface area contributed by atoms with Gasteiger partial charge in [-0.15, -0.1) is 0 Å². The second kappa shape index (κ2) is 6.37. The van der Waals surface area contributed by atoms with Crippen LogP contribution < -0.4 is 10.6 Å². The van der Waals surface area contributed by atoms with Crippen molar-refractivity contribution in [1.82, 2.24) is 5.32 Å². The second-order valence-corrected chi connectivity index (χ2v) is 3.71. The molecule has 1 rings (SSSR count). The first kappa shape index (κ1) is 15.2. The van der Waals surface area contributed by atoms with E-state index in [4.69, 9.17) is 5.11 Å². The van der Waals surface area contributed by atoms with E-state index in [9.17, 15) is 22.4 Å². The normalized spacial score (nSPS) is 12.9. The minimum Gasteiger partial charge on any atom is -0.384 e. The number of alkyl halides is 3. The van der Waals surface area contributed by atoms with Crippen LogP contribution in [0.15, 0.2) is 24.3 Å². The minimum absolute atomic E-state index is 0.0867. The number of urea groups is 1. The van der Waals surface area contributed by atoms with E-state index in [1.807, 2.05) is 0 Å². The second-order valence-electron chi connectivity index (χ2n) is 3.71.